The summed E-state index contributed by atoms with van der Waals surface area (Å²) in [5.41, 5.74) is 0.479. The van der Waals surface area contributed by atoms with E-state index >= 15 is 0 Å². The van der Waals surface area contributed by atoms with E-state index < -0.39 is 165 Å². The first kappa shape index (κ1) is 54.7. The summed E-state index contributed by atoms with van der Waals surface area (Å²) in [7, 11) is 1.07. The number of phenolic OH excluding ortho intramolecular Hbond substituents is 2. The molecular weight excluding hydrogens is 885 g/mol. The van der Waals surface area contributed by atoms with Gasteiger partial charge in [0.1, 0.15) is 54.7 Å². The van der Waals surface area contributed by atoms with E-state index in [1.54, 1.807) is 0 Å². The molecule has 5 rings (SSSR count). The first-order valence-corrected chi connectivity index (χ1v) is 20.5. The van der Waals surface area contributed by atoms with Gasteiger partial charge >= 0.3 is 29.6 Å². The van der Waals surface area contributed by atoms with Crippen molar-refractivity contribution in [3.05, 3.63) is 23.8 Å². The van der Waals surface area contributed by atoms with Crippen molar-refractivity contribution < 1.29 is 138 Å². The van der Waals surface area contributed by atoms with E-state index in [1.807, 2.05) is 0 Å². The number of aromatic hydroxyl groups is 2. The van der Waals surface area contributed by atoms with Crippen molar-refractivity contribution in [3.63, 3.8) is 0 Å². The van der Waals surface area contributed by atoms with Gasteiger partial charge in [-0.3, -0.25) is 14.4 Å². The Morgan fingerprint density at radius 2 is 1.38 bits per heavy atom. The number of phenols is 2. The molecule has 26 heteroatoms. The molecule has 25 nitrogen and oxygen atoms in total. The van der Waals surface area contributed by atoms with E-state index in [4.69, 9.17) is 37.9 Å². The minimum Gasteiger partial charge on any atom is -0.547 e. The number of hydrogen-bond acceptors (Lipinski definition) is 22. The number of carbonyl (C=O) groups excluding carboxylic acids is 4. The van der Waals surface area contributed by atoms with Gasteiger partial charge in [-0.05, 0) is 31.0 Å². The Labute approximate surface area is 394 Å². The molecule has 4 fully saturated rings. The molecule has 1 aromatic carbocycles. The van der Waals surface area contributed by atoms with Crippen molar-refractivity contribution in [3.8, 4) is 11.5 Å². The number of hydrogen-bond donors (Lipinski definition) is 12. The zero-order chi connectivity index (χ0) is 47.3. The summed E-state index contributed by atoms with van der Waals surface area (Å²) in [6.07, 6.45) is -27.3. The Morgan fingerprint density at radius 3 is 1.97 bits per heavy atom. The van der Waals surface area contributed by atoms with Crippen molar-refractivity contribution in [1.82, 2.24) is 16.0 Å². The Bertz CT molecular complexity index is 1770. The molecule has 4 aliphatic heterocycles. The predicted molar refractivity (Wildman–Crippen MR) is 205 cm³/mol. The number of benzene rings is 1. The van der Waals surface area contributed by atoms with Crippen molar-refractivity contribution in [2.75, 3.05) is 26.9 Å². The zero-order valence-electron chi connectivity index (χ0n) is 36.4. The predicted octanol–water partition coefficient (Wildman–Crippen LogP) is -9.51. The second-order valence-electron chi connectivity index (χ2n) is 16.1. The fourth-order valence-electron chi connectivity index (χ4n) is 8.27. The molecule has 65 heavy (non-hydrogen) atoms. The van der Waals surface area contributed by atoms with Gasteiger partial charge in [-0.2, -0.15) is 0 Å². The zero-order valence-corrected chi connectivity index (χ0v) is 38.4. The molecule has 12 N–H and O–H groups in total. The molecule has 0 aliphatic carbocycles. The van der Waals surface area contributed by atoms with Crippen LogP contribution in [0.25, 0.3) is 0 Å². The standard InChI is InChI=1S/C39H59N3O22.Na/c1-13-21(12-44)59-38(23(41-15(3)45)28(13)60-39-26(51)25(50)30(57-5)32(63-39)35(54)55)62-31-24(49)22(33(53)40-9-8-17-6-7-19(47)20(48)10-17)37(64-36(31)56)61-29-18(11-43)14(2)58-34(27(29)52)42-16(4)46;/h6-7,10,13-14,18,21-32,34,36-39,43-44,47-52,56H,8-9,11-12H2,1-5H3,(H,40,53)(H,41,45)(H,42,46)(H,54,55);/q;+1/p-1/t13-,14-,18+,21?,22+,23-,24?,25?,26-,27+,28?,29?,30-,31-,32?,34?,36?,37+,38-,39+;/m0./s1. The second kappa shape index (κ2) is 23.9. The number of carboxylic acid groups (broad SMARTS) is 1. The van der Waals surface area contributed by atoms with E-state index in [9.17, 15) is 70.2 Å². The van der Waals surface area contributed by atoms with E-state index in [0.29, 0.717) is 5.56 Å². The van der Waals surface area contributed by atoms with Crippen LogP contribution >= 0.6 is 0 Å². The van der Waals surface area contributed by atoms with Crippen molar-refractivity contribution in [2.24, 2.45) is 17.8 Å². The average molecular weight is 944 g/mol. The van der Waals surface area contributed by atoms with Crippen LogP contribution in [-0.2, 0) is 63.5 Å². The van der Waals surface area contributed by atoms with Gasteiger partial charge in [0, 0.05) is 39.3 Å². The van der Waals surface area contributed by atoms with Crippen LogP contribution < -0.4 is 50.6 Å². The molecule has 1 aromatic rings. The number of ether oxygens (including phenoxy) is 8. The first-order chi connectivity index (χ1) is 30.2. The van der Waals surface area contributed by atoms with E-state index in [-0.39, 0.29) is 48.3 Å². The SMILES string of the molecule is CO[C@@H]1C(C(=O)[O-])O[C@@H](OC2[C@@H](C)C(CO)O[C@@H](O[C@@H]3C(O)O[C@@H](OC4[C@@H](O)C(NC(C)=O)O[C@@H](C)[C@H]4CO)[C@@H](C(=O)NCCc4ccc(O)c(O)c4)C3O)[C@H]2NC(C)=O)[C@@H](O)C1O.[Na+]. The summed E-state index contributed by atoms with van der Waals surface area (Å²) in [6, 6.07) is 2.48. The summed E-state index contributed by atoms with van der Waals surface area (Å²) < 4.78 is 46.1. The second-order valence-corrected chi connectivity index (χ2v) is 16.1. The number of aliphatic hydroxyl groups excluding tert-OH is 7. The summed E-state index contributed by atoms with van der Waals surface area (Å²) in [4.78, 5) is 50.7. The summed E-state index contributed by atoms with van der Waals surface area (Å²) in [5, 5.41) is 116. The largest absolute Gasteiger partial charge is 1.00 e. The summed E-state index contributed by atoms with van der Waals surface area (Å²) >= 11 is 0. The molecule has 4 heterocycles. The number of amides is 3. The molecule has 0 radical (unpaired) electrons. The average Bonchev–Trinajstić information content (AvgIpc) is 3.22. The van der Waals surface area contributed by atoms with Crippen molar-refractivity contribution in [2.45, 2.75) is 139 Å². The van der Waals surface area contributed by atoms with Crippen LogP contribution in [0.3, 0.4) is 0 Å². The van der Waals surface area contributed by atoms with Crippen LogP contribution in [0, 0.1) is 17.8 Å². The number of nitrogens with one attached hydrogen (secondary N) is 3. The summed E-state index contributed by atoms with van der Waals surface area (Å²) in [5.74, 6) is -8.71. The molecule has 8 unspecified atom stereocenters. The maximum absolute atomic E-state index is 14.1. The van der Waals surface area contributed by atoms with Gasteiger partial charge in [-0.15, -0.1) is 0 Å². The van der Waals surface area contributed by atoms with Crippen LogP contribution in [-0.4, -0.2) is 201 Å². The van der Waals surface area contributed by atoms with Crippen LogP contribution in [0.15, 0.2) is 18.2 Å². The molecule has 4 aliphatic rings. The number of aliphatic carboxylic acids is 1. The smallest absolute Gasteiger partial charge is 0.547 e. The van der Waals surface area contributed by atoms with Crippen molar-refractivity contribution in [1.29, 1.82) is 0 Å². The topological polar surface area (TPSA) is 383 Å². The molecular formula is C39H58N3NaO22. The van der Waals surface area contributed by atoms with Gasteiger partial charge in [-0.25, -0.2) is 0 Å². The van der Waals surface area contributed by atoms with Gasteiger partial charge in [0.2, 0.25) is 17.7 Å². The molecule has 0 saturated carbocycles. The third-order valence-corrected chi connectivity index (χ3v) is 11.7. The summed E-state index contributed by atoms with van der Waals surface area (Å²) in [6.45, 7) is 3.75. The Hall–Kier alpha value is -2.90. The van der Waals surface area contributed by atoms with Gasteiger partial charge < -0.3 is 110 Å². The fraction of sp³-hybridized carbons (Fsp3) is 0.744. The van der Waals surface area contributed by atoms with Crippen molar-refractivity contribution >= 4 is 23.7 Å². The van der Waals surface area contributed by atoms with E-state index in [0.717, 1.165) is 21.0 Å². The maximum atomic E-state index is 14.1. The molecule has 4 saturated heterocycles. The molecule has 0 spiro atoms. The Morgan fingerprint density at radius 1 is 0.738 bits per heavy atom. The van der Waals surface area contributed by atoms with Gasteiger partial charge in [-0.1, -0.05) is 13.0 Å². The van der Waals surface area contributed by atoms with Crippen LogP contribution in [0.1, 0.15) is 33.3 Å². The van der Waals surface area contributed by atoms with Crippen LogP contribution in [0.5, 0.6) is 11.5 Å². The Balaban J connectivity index is 0.00000925. The number of aliphatic hydroxyl groups is 7. The minimum atomic E-state index is -2.21. The molecule has 3 amide bonds. The first-order valence-electron chi connectivity index (χ1n) is 20.5. The quantitative estimate of drug-likeness (QED) is 0.0541. The van der Waals surface area contributed by atoms with Gasteiger partial charge in [0.05, 0.1) is 43.6 Å². The van der Waals surface area contributed by atoms with Gasteiger partial charge in [0.25, 0.3) is 0 Å². The number of carbonyl (C=O) groups is 4. The van der Waals surface area contributed by atoms with E-state index in [2.05, 4.69) is 16.0 Å². The number of rotatable bonds is 16. The monoisotopic (exact) mass is 943 g/mol. The minimum absolute atomic E-state index is 0. The molecule has 20 atom stereocenters. The van der Waals surface area contributed by atoms with Crippen LogP contribution in [0.4, 0.5) is 0 Å². The number of carboxylic acids is 1. The molecule has 362 valence electrons. The molecule has 0 bridgehead atoms. The third kappa shape index (κ3) is 12.6. The van der Waals surface area contributed by atoms with Gasteiger partial charge in [0.15, 0.2) is 42.9 Å². The maximum Gasteiger partial charge on any atom is 1.00 e. The normalized spacial score (nSPS) is 39.6. The number of methoxy groups -OCH3 is 1. The fourth-order valence-corrected chi connectivity index (χ4v) is 8.27. The Kier molecular flexibility index (Phi) is 20.1. The third-order valence-electron chi connectivity index (χ3n) is 11.7. The molecule has 0 aromatic heterocycles. The van der Waals surface area contributed by atoms with Crippen LogP contribution in [0.2, 0.25) is 0 Å². The van der Waals surface area contributed by atoms with E-state index in [1.165, 1.54) is 32.0 Å².